The fourth-order valence-electron chi connectivity index (χ4n) is 3.83. The lowest BCUT2D eigenvalue weighted by molar-refractivity contribution is -0.117. The molecule has 166 valence electrons. The molecule has 1 aromatic carbocycles. The number of hydrogen-bond acceptors (Lipinski definition) is 4. The number of halogens is 3. The van der Waals surface area contributed by atoms with Gasteiger partial charge in [0, 0.05) is 36.3 Å². The number of H-pyrrole nitrogens is 1. The third-order valence-electron chi connectivity index (χ3n) is 5.95. The van der Waals surface area contributed by atoms with Crippen molar-refractivity contribution in [1.82, 2.24) is 19.8 Å². The second-order valence-corrected chi connectivity index (χ2v) is 8.75. The summed E-state index contributed by atoms with van der Waals surface area (Å²) in [4.78, 5) is 13.8. The molecule has 0 unspecified atom stereocenters. The Morgan fingerprint density at radius 1 is 1.41 bits per heavy atom. The second-order valence-electron chi connectivity index (χ2n) is 8.38. The van der Waals surface area contributed by atoms with Crippen LogP contribution in [-0.4, -0.2) is 45.0 Å². The van der Waals surface area contributed by atoms with Crippen molar-refractivity contribution in [2.24, 2.45) is 5.92 Å². The average Bonchev–Trinajstić information content (AvgIpc) is 3.11. The number of aromatic amines is 1. The number of benzene rings is 1. The summed E-state index contributed by atoms with van der Waals surface area (Å²) in [7, 11) is 1.81. The Bertz CT molecular complexity index is 1360. The summed E-state index contributed by atoms with van der Waals surface area (Å²) < 4.78 is 30.1. The smallest absolute Gasteiger partial charge is 0.231 e. The fraction of sp³-hybridized carbons (Fsp3) is 0.318. The zero-order chi connectivity index (χ0) is 22.7. The predicted octanol–water partition coefficient (Wildman–Crippen LogP) is 4.81. The van der Waals surface area contributed by atoms with Crippen LogP contribution < -0.4 is 10.2 Å². The summed E-state index contributed by atoms with van der Waals surface area (Å²) in [5.41, 5.74) is 2.78. The second kappa shape index (κ2) is 7.44. The van der Waals surface area contributed by atoms with E-state index in [0.717, 1.165) is 0 Å². The van der Waals surface area contributed by atoms with E-state index in [4.69, 9.17) is 11.6 Å². The summed E-state index contributed by atoms with van der Waals surface area (Å²) in [5.74, 6) is -1.18. The van der Waals surface area contributed by atoms with Crippen LogP contribution in [0.3, 0.4) is 0 Å². The molecular formula is C22H21ClF2N6O. The van der Waals surface area contributed by atoms with Crippen molar-refractivity contribution in [3.05, 3.63) is 41.4 Å². The highest BCUT2D eigenvalue weighted by atomic mass is 35.5. The molecule has 1 fully saturated rings. The van der Waals surface area contributed by atoms with Crippen molar-refractivity contribution in [2.75, 3.05) is 17.3 Å². The Hall–Kier alpha value is -3.20. The van der Waals surface area contributed by atoms with Gasteiger partial charge in [0.2, 0.25) is 5.91 Å². The lowest BCUT2D eigenvalue weighted by Crippen LogP contribution is -2.27. The number of anilines is 2. The zero-order valence-corrected chi connectivity index (χ0v) is 18.4. The first-order chi connectivity index (χ1) is 15.3. The lowest BCUT2D eigenvalue weighted by atomic mass is 10.0. The molecule has 0 radical (unpaired) electrons. The Labute approximate surface area is 187 Å². The topological polar surface area (TPSA) is 78.3 Å². The number of pyridine rings is 1. The molecule has 2 atom stereocenters. The van der Waals surface area contributed by atoms with Gasteiger partial charge in [0.25, 0.3) is 0 Å². The monoisotopic (exact) mass is 458 g/mol. The molecule has 32 heavy (non-hydrogen) atoms. The predicted molar refractivity (Wildman–Crippen MR) is 120 cm³/mol. The molecule has 0 spiro atoms. The third-order valence-corrected chi connectivity index (χ3v) is 6.30. The van der Waals surface area contributed by atoms with Gasteiger partial charge >= 0.3 is 0 Å². The van der Waals surface area contributed by atoms with E-state index < -0.39 is 17.9 Å². The minimum Gasteiger partial charge on any atom is -0.368 e. The van der Waals surface area contributed by atoms with Gasteiger partial charge in [-0.05, 0) is 38.0 Å². The van der Waals surface area contributed by atoms with E-state index in [1.807, 2.05) is 18.7 Å². The lowest BCUT2D eigenvalue weighted by Gasteiger charge is -2.26. The van der Waals surface area contributed by atoms with E-state index in [2.05, 4.69) is 20.6 Å². The summed E-state index contributed by atoms with van der Waals surface area (Å²) in [5, 5.41) is 14.7. The molecule has 0 saturated heterocycles. The SMILES string of the molecule is CC(C)N(C)c1c(F)c(Cl)c(-c2ccn3nc(NC(=O)[C@@H]4C[C@@H]4F)cc3c2)c2cn[nH]c12. The van der Waals surface area contributed by atoms with Crippen molar-refractivity contribution >= 4 is 45.4 Å². The molecule has 5 rings (SSSR count). The largest absolute Gasteiger partial charge is 0.368 e. The molecule has 2 N–H and O–H groups in total. The molecule has 1 amide bonds. The van der Waals surface area contributed by atoms with E-state index in [1.54, 1.807) is 42.2 Å². The van der Waals surface area contributed by atoms with Crippen LogP contribution in [0.4, 0.5) is 20.3 Å². The van der Waals surface area contributed by atoms with Crippen molar-refractivity contribution in [2.45, 2.75) is 32.5 Å². The Balaban J connectivity index is 1.58. The van der Waals surface area contributed by atoms with E-state index >= 15 is 4.39 Å². The van der Waals surface area contributed by atoms with E-state index in [1.165, 1.54) is 0 Å². The molecule has 0 bridgehead atoms. The molecular weight excluding hydrogens is 438 g/mol. The van der Waals surface area contributed by atoms with Crippen molar-refractivity contribution < 1.29 is 13.6 Å². The minimum absolute atomic E-state index is 0.00140. The molecule has 3 heterocycles. The normalized spacial score (nSPS) is 18.0. The van der Waals surface area contributed by atoms with E-state index in [0.29, 0.717) is 39.1 Å². The molecule has 1 aliphatic carbocycles. The molecule has 1 saturated carbocycles. The number of nitrogens with one attached hydrogen (secondary N) is 2. The molecule has 3 aromatic heterocycles. The summed E-state index contributed by atoms with van der Waals surface area (Å²) in [6, 6.07) is 5.30. The van der Waals surface area contributed by atoms with E-state index in [9.17, 15) is 9.18 Å². The minimum atomic E-state index is -1.08. The third kappa shape index (κ3) is 3.28. The number of amides is 1. The van der Waals surface area contributed by atoms with Crippen LogP contribution >= 0.6 is 11.6 Å². The van der Waals surface area contributed by atoms with Gasteiger partial charge in [0.15, 0.2) is 11.6 Å². The fourth-order valence-corrected chi connectivity index (χ4v) is 4.14. The average molecular weight is 459 g/mol. The standard InChI is InChI=1S/C22H21ClF2N6O/c1-10(2)30(3)21-19(25)18(23)17(14-9-26-28-20(14)21)11-4-5-31-12(6-11)7-16(29-31)27-22(32)13-8-15(13)24/h4-7,9-10,13,15H,8H2,1-3H3,(H,26,28)(H,27,29,32)/t13-,15+/m1/s1. The number of alkyl halides is 1. The quantitative estimate of drug-likeness (QED) is 0.450. The zero-order valence-electron chi connectivity index (χ0n) is 17.7. The highest BCUT2D eigenvalue weighted by molar-refractivity contribution is 6.36. The first-order valence-electron chi connectivity index (χ1n) is 10.3. The van der Waals surface area contributed by atoms with E-state index in [-0.39, 0.29) is 23.4 Å². The highest BCUT2D eigenvalue weighted by Crippen LogP contribution is 2.43. The number of rotatable bonds is 5. The van der Waals surface area contributed by atoms with Gasteiger partial charge in [-0.1, -0.05) is 11.6 Å². The Morgan fingerprint density at radius 3 is 2.84 bits per heavy atom. The summed E-state index contributed by atoms with van der Waals surface area (Å²) in [6.07, 6.45) is 2.49. The first-order valence-corrected chi connectivity index (χ1v) is 10.7. The van der Waals surface area contributed by atoms with Crippen LogP contribution in [0, 0.1) is 11.7 Å². The molecule has 10 heteroatoms. The Morgan fingerprint density at radius 2 is 2.16 bits per heavy atom. The number of aromatic nitrogens is 4. The number of carbonyl (C=O) groups is 1. The van der Waals surface area contributed by atoms with Crippen LogP contribution in [0.2, 0.25) is 5.02 Å². The number of carbonyl (C=O) groups excluding carboxylic acids is 1. The van der Waals surface area contributed by atoms with Gasteiger partial charge < -0.3 is 10.2 Å². The van der Waals surface area contributed by atoms with Crippen LogP contribution in [0.5, 0.6) is 0 Å². The van der Waals surface area contributed by atoms with Gasteiger partial charge in [-0.3, -0.25) is 9.89 Å². The molecule has 0 aliphatic heterocycles. The van der Waals surface area contributed by atoms with Crippen molar-refractivity contribution in [3.8, 4) is 11.1 Å². The van der Waals surface area contributed by atoms with Gasteiger partial charge in [0.05, 0.1) is 28.2 Å². The Kier molecular flexibility index (Phi) is 4.81. The summed E-state index contributed by atoms with van der Waals surface area (Å²) in [6.45, 7) is 3.93. The van der Waals surface area contributed by atoms with Crippen LogP contribution in [0.1, 0.15) is 20.3 Å². The van der Waals surface area contributed by atoms with Crippen molar-refractivity contribution in [3.63, 3.8) is 0 Å². The van der Waals surface area contributed by atoms with Crippen LogP contribution in [0.15, 0.2) is 30.6 Å². The number of hydrogen-bond donors (Lipinski definition) is 2. The highest BCUT2D eigenvalue weighted by Gasteiger charge is 2.43. The van der Waals surface area contributed by atoms with Gasteiger partial charge in [0.1, 0.15) is 11.9 Å². The van der Waals surface area contributed by atoms with Gasteiger partial charge in [-0.2, -0.15) is 10.2 Å². The number of fused-ring (bicyclic) bond motifs is 2. The molecule has 1 aliphatic rings. The maximum Gasteiger partial charge on any atom is 0.231 e. The van der Waals surface area contributed by atoms with Crippen LogP contribution in [-0.2, 0) is 4.79 Å². The molecule has 7 nitrogen and oxygen atoms in total. The van der Waals surface area contributed by atoms with Crippen LogP contribution in [0.25, 0.3) is 27.5 Å². The number of nitrogens with zero attached hydrogens (tertiary/aromatic N) is 4. The molecule has 4 aromatic rings. The maximum absolute atomic E-state index is 15.4. The van der Waals surface area contributed by atoms with Crippen molar-refractivity contribution in [1.29, 1.82) is 0 Å². The maximum atomic E-state index is 15.4. The first kappa shape index (κ1) is 20.7. The van der Waals surface area contributed by atoms with Gasteiger partial charge in [-0.15, -0.1) is 0 Å². The summed E-state index contributed by atoms with van der Waals surface area (Å²) >= 11 is 6.54. The van der Waals surface area contributed by atoms with Gasteiger partial charge in [-0.25, -0.2) is 13.3 Å².